The average Bonchev–Trinajstić information content (AvgIpc) is 3.34. The van der Waals surface area contributed by atoms with Gasteiger partial charge in [-0.2, -0.15) is 0 Å². The first kappa shape index (κ1) is 31.3. The number of hydrogen-bond acceptors (Lipinski definition) is 6. The number of hydrogen-bond donors (Lipinski definition) is 2. The maximum Gasteiger partial charge on any atom is 0.310 e. The Kier molecular flexibility index (Phi) is 10.5. The molecule has 6 nitrogen and oxygen atoms in total. The van der Waals surface area contributed by atoms with Crippen molar-refractivity contribution in [3.63, 3.8) is 0 Å². The fourth-order valence-electron chi connectivity index (χ4n) is 8.15. The first-order chi connectivity index (χ1) is 20.5. The maximum absolute atomic E-state index is 13.0. The van der Waals surface area contributed by atoms with Crippen molar-refractivity contribution in [3.05, 3.63) is 52.8 Å². The number of ether oxygens (including phenoxy) is 2. The molecule has 42 heavy (non-hydrogen) atoms. The molecular weight excluding hydrogens is 526 g/mol. The van der Waals surface area contributed by atoms with E-state index in [2.05, 4.69) is 37.1 Å². The van der Waals surface area contributed by atoms with Crippen LogP contribution >= 0.6 is 0 Å². The molecule has 4 aliphatic rings. The number of unbranched alkanes of at least 4 members (excludes halogenated alkanes) is 11. The Morgan fingerprint density at radius 1 is 1.05 bits per heavy atom. The molecule has 232 valence electrons. The van der Waals surface area contributed by atoms with E-state index >= 15 is 0 Å². The third-order valence-electron chi connectivity index (χ3n) is 10.5. The highest BCUT2D eigenvalue weighted by molar-refractivity contribution is 5.71. The average molecular weight is 580 g/mol. The molecule has 1 spiro atoms. The summed E-state index contributed by atoms with van der Waals surface area (Å²) in [4.78, 5) is 15.2. The second-order valence-electron chi connectivity index (χ2n) is 13.2. The molecule has 0 amide bonds. The van der Waals surface area contributed by atoms with Gasteiger partial charge >= 0.3 is 5.97 Å². The van der Waals surface area contributed by atoms with E-state index in [1.165, 1.54) is 63.4 Å². The smallest absolute Gasteiger partial charge is 0.310 e. The van der Waals surface area contributed by atoms with Crippen molar-refractivity contribution in [1.29, 1.82) is 0 Å². The summed E-state index contributed by atoms with van der Waals surface area (Å²) in [6.45, 7) is 2.98. The minimum absolute atomic E-state index is 0.0277. The molecule has 5 rings (SSSR count). The highest BCUT2D eigenvalue weighted by Crippen LogP contribution is 2.64. The van der Waals surface area contributed by atoms with Gasteiger partial charge in [-0.3, -0.25) is 4.79 Å². The molecule has 6 heteroatoms. The molecule has 2 heterocycles. The number of rotatable bonds is 17. The Hall–Kier alpha value is -2.15. The summed E-state index contributed by atoms with van der Waals surface area (Å²) in [5, 5.41) is 22.3. The number of aliphatic hydroxyl groups is 2. The predicted octanol–water partition coefficient (Wildman–Crippen LogP) is 7.04. The van der Waals surface area contributed by atoms with Crippen molar-refractivity contribution in [2.45, 2.75) is 146 Å². The van der Waals surface area contributed by atoms with E-state index in [4.69, 9.17) is 9.47 Å². The Morgan fingerprint density at radius 3 is 2.45 bits per heavy atom. The van der Waals surface area contributed by atoms with Crippen LogP contribution < -0.4 is 4.74 Å². The van der Waals surface area contributed by atoms with Crippen LogP contribution in [-0.2, 0) is 28.0 Å². The molecule has 4 atom stereocenters. The van der Waals surface area contributed by atoms with Gasteiger partial charge in [0, 0.05) is 30.0 Å². The molecule has 1 fully saturated rings. The molecule has 1 saturated heterocycles. The number of carbonyl (C=O) groups is 1. The topological polar surface area (TPSA) is 79.2 Å². The zero-order valence-corrected chi connectivity index (χ0v) is 26.0. The number of benzene rings is 1. The van der Waals surface area contributed by atoms with Crippen molar-refractivity contribution in [1.82, 2.24) is 4.90 Å². The van der Waals surface area contributed by atoms with E-state index in [0.29, 0.717) is 24.4 Å². The number of likely N-dealkylation sites (tertiary alicyclic amines) is 1. The second kappa shape index (κ2) is 14.1. The summed E-state index contributed by atoms with van der Waals surface area (Å²) in [6, 6.07) is 3.99. The molecule has 0 saturated carbocycles. The molecule has 0 unspecified atom stereocenters. The van der Waals surface area contributed by atoms with Crippen LogP contribution in [0.2, 0.25) is 0 Å². The lowest BCUT2D eigenvalue weighted by atomic mass is 9.50. The lowest BCUT2D eigenvalue weighted by molar-refractivity contribution is -0.169. The van der Waals surface area contributed by atoms with E-state index in [9.17, 15) is 15.0 Å². The first-order valence-corrected chi connectivity index (χ1v) is 16.9. The zero-order chi connectivity index (χ0) is 29.6. The Labute approximate surface area is 253 Å². The highest BCUT2D eigenvalue weighted by atomic mass is 16.6. The van der Waals surface area contributed by atoms with E-state index in [1.807, 2.05) is 12.1 Å². The summed E-state index contributed by atoms with van der Waals surface area (Å²) in [5.41, 5.74) is 1.27. The lowest BCUT2D eigenvalue weighted by Crippen LogP contribution is -2.74. The number of nitrogens with zero attached hydrogens (tertiary/aromatic N) is 1. The van der Waals surface area contributed by atoms with Gasteiger partial charge in [0.2, 0.25) is 0 Å². The van der Waals surface area contributed by atoms with Crippen LogP contribution in [0.15, 0.2) is 36.1 Å². The number of esters is 1. The monoisotopic (exact) mass is 579 g/mol. The molecule has 0 radical (unpaired) electrons. The lowest BCUT2D eigenvalue weighted by Gasteiger charge is -2.61. The summed E-state index contributed by atoms with van der Waals surface area (Å²) in [7, 11) is 2.08. The van der Waals surface area contributed by atoms with Gasteiger partial charge in [0.25, 0.3) is 0 Å². The van der Waals surface area contributed by atoms with Crippen molar-refractivity contribution in [2.75, 3.05) is 13.6 Å². The first-order valence-electron chi connectivity index (χ1n) is 16.9. The Bertz CT molecular complexity index is 1140. The van der Waals surface area contributed by atoms with Crippen LogP contribution in [0.3, 0.4) is 0 Å². The van der Waals surface area contributed by atoms with Crippen LogP contribution in [0.4, 0.5) is 0 Å². The molecular formula is C36H53NO5. The van der Waals surface area contributed by atoms with Gasteiger partial charge in [0.1, 0.15) is 11.5 Å². The molecule has 2 aliphatic carbocycles. The largest absolute Gasteiger partial charge is 0.481 e. The minimum atomic E-state index is -1.00. The quantitative estimate of drug-likeness (QED) is 0.117. The predicted molar refractivity (Wildman–Crippen MR) is 166 cm³/mol. The van der Waals surface area contributed by atoms with Crippen LogP contribution in [0, 0.1) is 0 Å². The van der Waals surface area contributed by atoms with Crippen molar-refractivity contribution in [3.8, 4) is 5.75 Å². The Balaban J connectivity index is 1.07. The van der Waals surface area contributed by atoms with Gasteiger partial charge in [-0.25, -0.2) is 0 Å². The number of aliphatic hydroxyl groups excluding tert-OH is 1. The Morgan fingerprint density at radius 2 is 1.74 bits per heavy atom. The third kappa shape index (κ3) is 5.96. The number of allylic oxidation sites excluding steroid dienone is 2. The maximum atomic E-state index is 13.0. The number of carbonyl (C=O) groups excluding carboxylic acids is 1. The van der Waals surface area contributed by atoms with Gasteiger partial charge in [-0.05, 0) is 70.2 Å². The molecule has 1 aromatic rings. The van der Waals surface area contributed by atoms with Gasteiger partial charge in [0.05, 0.1) is 17.6 Å². The highest BCUT2D eigenvalue weighted by Gasteiger charge is 2.71. The zero-order valence-electron chi connectivity index (χ0n) is 26.0. The fourth-order valence-corrected chi connectivity index (χ4v) is 8.15. The van der Waals surface area contributed by atoms with Gasteiger partial charge < -0.3 is 24.6 Å². The minimum Gasteiger partial charge on any atom is -0.481 e. The van der Waals surface area contributed by atoms with Gasteiger partial charge in [0.15, 0.2) is 6.10 Å². The van der Waals surface area contributed by atoms with E-state index in [0.717, 1.165) is 56.2 Å². The number of likely N-dealkylation sites (N-methyl/N-ethyl adjacent to an activating group) is 1. The van der Waals surface area contributed by atoms with Gasteiger partial charge in [-0.15, -0.1) is 0 Å². The second-order valence-corrected chi connectivity index (χ2v) is 13.2. The van der Waals surface area contributed by atoms with Crippen LogP contribution in [-0.4, -0.2) is 52.4 Å². The molecule has 2 aliphatic heterocycles. The SMILES string of the molecule is CCCCCCCC/C=C\CCCCCCCC(=O)OC1=CC[C@@]2(O)[C@H]3Cc4ccc(CO)c5c4[C@@]2(CCN3C)[C@H]1O5. The van der Waals surface area contributed by atoms with E-state index < -0.39 is 17.1 Å². The summed E-state index contributed by atoms with van der Waals surface area (Å²) in [5.74, 6) is 0.999. The number of piperidine rings is 1. The standard InChI is InChI=1S/C36H53NO5/c1-3-4-5-6-7-8-9-10-11-12-13-14-15-16-17-18-31(39)41-29-21-22-36(40)30-25-27-19-20-28(26-38)33-32(27)35(36,34(29)42-33)23-24-37(30)2/h10-11,19-21,30,34,38,40H,3-9,12-18,22-26H2,1-2H3/b11-10-/t30-,34+,35+,36-/m1/s1. The molecule has 2 N–H and O–H groups in total. The van der Waals surface area contributed by atoms with Crippen molar-refractivity contribution < 1.29 is 24.5 Å². The molecule has 1 aromatic carbocycles. The van der Waals surface area contributed by atoms with Gasteiger partial charge in [-0.1, -0.05) is 82.6 Å². The van der Waals surface area contributed by atoms with Crippen LogP contribution in [0.5, 0.6) is 5.75 Å². The molecule has 0 aromatic heterocycles. The van der Waals surface area contributed by atoms with E-state index in [-0.39, 0.29) is 18.6 Å². The van der Waals surface area contributed by atoms with Crippen molar-refractivity contribution in [2.24, 2.45) is 0 Å². The van der Waals surface area contributed by atoms with E-state index in [1.54, 1.807) is 0 Å². The fraction of sp³-hybridized carbons (Fsp3) is 0.694. The van der Waals surface area contributed by atoms with Crippen LogP contribution in [0.1, 0.15) is 126 Å². The van der Waals surface area contributed by atoms with Crippen molar-refractivity contribution >= 4 is 5.97 Å². The normalized spacial score (nSPS) is 27.6. The molecule has 2 bridgehead atoms. The summed E-state index contributed by atoms with van der Waals surface area (Å²) in [6.07, 6.45) is 24.2. The third-order valence-corrected chi connectivity index (χ3v) is 10.5. The summed E-state index contributed by atoms with van der Waals surface area (Å²) >= 11 is 0. The summed E-state index contributed by atoms with van der Waals surface area (Å²) < 4.78 is 12.6. The van der Waals surface area contributed by atoms with Crippen LogP contribution in [0.25, 0.3) is 0 Å².